The summed E-state index contributed by atoms with van der Waals surface area (Å²) in [5, 5.41) is 21.3. The molecular formula is C25H20ClNO4. The van der Waals surface area contributed by atoms with Crippen LogP contribution < -0.4 is 4.90 Å². The van der Waals surface area contributed by atoms with E-state index in [1.165, 1.54) is 17.0 Å². The molecule has 6 heteroatoms. The molecule has 31 heavy (non-hydrogen) atoms. The van der Waals surface area contributed by atoms with Crippen molar-refractivity contribution in [3.8, 4) is 5.75 Å². The molecule has 0 radical (unpaired) electrons. The Labute approximate surface area is 184 Å². The summed E-state index contributed by atoms with van der Waals surface area (Å²) >= 11 is 5.95. The number of hydrogen-bond acceptors (Lipinski definition) is 4. The van der Waals surface area contributed by atoms with Crippen LogP contribution in [0.2, 0.25) is 5.02 Å². The van der Waals surface area contributed by atoms with Crippen LogP contribution in [-0.4, -0.2) is 21.9 Å². The highest BCUT2D eigenvalue weighted by Crippen LogP contribution is 2.42. The standard InChI is InChI=1S/C25H20ClNO4/c1-14-11-15(2)13-19(12-14)27-22(16-5-9-20(28)10-6-16)21(24(30)25(27)31)23(29)17-3-7-18(26)8-4-17/h3-13,22,28-29H,1-2H3/b23-21+. The van der Waals surface area contributed by atoms with E-state index in [-0.39, 0.29) is 17.1 Å². The van der Waals surface area contributed by atoms with Crippen molar-refractivity contribution in [3.05, 3.63) is 99.6 Å². The van der Waals surface area contributed by atoms with E-state index >= 15 is 0 Å². The van der Waals surface area contributed by atoms with Crippen molar-refractivity contribution in [2.24, 2.45) is 0 Å². The highest BCUT2D eigenvalue weighted by molar-refractivity contribution is 6.51. The van der Waals surface area contributed by atoms with Crippen molar-refractivity contribution in [2.45, 2.75) is 19.9 Å². The van der Waals surface area contributed by atoms with E-state index in [2.05, 4.69) is 0 Å². The number of Topliss-reactive ketones (excluding diaryl/α,β-unsaturated/α-hetero) is 1. The third-order valence-corrected chi connectivity index (χ3v) is 5.51. The zero-order chi connectivity index (χ0) is 22.3. The summed E-state index contributed by atoms with van der Waals surface area (Å²) in [5.74, 6) is -1.71. The van der Waals surface area contributed by atoms with Gasteiger partial charge >= 0.3 is 0 Å². The molecule has 1 fully saturated rings. The smallest absolute Gasteiger partial charge is 0.300 e. The summed E-state index contributed by atoms with van der Waals surface area (Å²) in [5.41, 5.74) is 3.40. The molecule has 2 N–H and O–H groups in total. The highest BCUT2D eigenvalue weighted by atomic mass is 35.5. The summed E-state index contributed by atoms with van der Waals surface area (Å²) in [6, 6.07) is 17.4. The molecule has 1 saturated heterocycles. The SMILES string of the molecule is Cc1cc(C)cc(N2C(=O)C(=O)/C(=C(/O)c3ccc(Cl)cc3)C2c2ccc(O)cc2)c1. The topological polar surface area (TPSA) is 77.8 Å². The number of ketones is 1. The molecule has 1 heterocycles. The molecule has 1 aliphatic rings. The monoisotopic (exact) mass is 433 g/mol. The number of carbonyl (C=O) groups excluding carboxylic acids is 2. The van der Waals surface area contributed by atoms with Crippen LogP contribution in [-0.2, 0) is 9.59 Å². The predicted octanol–water partition coefficient (Wildman–Crippen LogP) is 5.29. The maximum absolute atomic E-state index is 13.1. The van der Waals surface area contributed by atoms with E-state index in [1.54, 1.807) is 36.4 Å². The van der Waals surface area contributed by atoms with Gasteiger partial charge in [0.1, 0.15) is 11.5 Å². The molecule has 3 aromatic rings. The fourth-order valence-electron chi connectivity index (χ4n) is 3.92. The zero-order valence-electron chi connectivity index (χ0n) is 17.0. The number of phenols is 1. The Morgan fingerprint density at radius 2 is 1.48 bits per heavy atom. The van der Waals surface area contributed by atoms with Gasteiger partial charge in [0.15, 0.2) is 0 Å². The van der Waals surface area contributed by atoms with Crippen LogP contribution in [0, 0.1) is 13.8 Å². The number of benzene rings is 3. The Bertz CT molecular complexity index is 1190. The van der Waals surface area contributed by atoms with E-state index in [9.17, 15) is 19.8 Å². The van der Waals surface area contributed by atoms with Gasteiger partial charge in [0.05, 0.1) is 11.6 Å². The lowest BCUT2D eigenvalue weighted by Crippen LogP contribution is -2.29. The summed E-state index contributed by atoms with van der Waals surface area (Å²) in [6.07, 6.45) is 0. The number of nitrogens with zero attached hydrogens (tertiary/aromatic N) is 1. The third kappa shape index (κ3) is 3.80. The van der Waals surface area contributed by atoms with Gasteiger partial charge in [-0.3, -0.25) is 14.5 Å². The van der Waals surface area contributed by atoms with Crippen molar-refractivity contribution in [2.75, 3.05) is 4.90 Å². The van der Waals surface area contributed by atoms with Gasteiger partial charge in [0.25, 0.3) is 11.7 Å². The summed E-state index contributed by atoms with van der Waals surface area (Å²) in [7, 11) is 0. The Morgan fingerprint density at radius 3 is 2.06 bits per heavy atom. The van der Waals surface area contributed by atoms with E-state index in [1.807, 2.05) is 32.0 Å². The Morgan fingerprint density at radius 1 is 0.903 bits per heavy atom. The number of phenolic OH excluding ortho intramolecular Hbond substituents is 1. The van der Waals surface area contributed by atoms with Crippen molar-refractivity contribution in [1.82, 2.24) is 0 Å². The van der Waals surface area contributed by atoms with Crippen LogP contribution in [0.1, 0.15) is 28.3 Å². The lowest BCUT2D eigenvalue weighted by Gasteiger charge is -2.26. The number of halogens is 1. The van der Waals surface area contributed by atoms with Gasteiger partial charge in [0.2, 0.25) is 0 Å². The second-order valence-electron chi connectivity index (χ2n) is 7.61. The maximum Gasteiger partial charge on any atom is 0.300 e. The number of hydrogen-bond donors (Lipinski definition) is 2. The number of anilines is 1. The molecule has 1 unspecified atom stereocenters. The number of aliphatic hydroxyl groups is 1. The molecule has 1 amide bonds. The highest BCUT2D eigenvalue weighted by Gasteiger charge is 2.47. The summed E-state index contributed by atoms with van der Waals surface area (Å²) in [4.78, 5) is 27.6. The molecule has 156 valence electrons. The summed E-state index contributed by atoms with van der Waals surface area (Å²) < 4.78 is 0. The van der Waals surface area contributed by atoms with Gasteiger partial charge in [-0.15, -0.1) is 0 Å². The Balaban J connectivity index is 1.96. The lowest BCUT2D eigenvalue weighted by molar-refractivity contribution is -0.132. The minimum atomic E-state index is -0.850. The van der Waals surface area contributed by atoms with Crippen LogP contribution in [0.3, 0.4) is 0 Å². The minimum absolute atomic E-state index is 0.0165. The third-order valence-electron chi connectivity index (χ3n) is 5.26. The van der Waals surface area contributed by atoms with Gasteiger partial charge < -0.3 is 10.2 Å². The first-order valence-corrected chi connectivity index (χ1v) is 10.1. The van der Waals surface area contributed by atoms with Crippen LogP contribution >= 0.6 is 11.6 Å². The zero-order valence-corrected chi connectivity index (χ0v) is 17.7. The molecule has 3 aromatic carbocycles. The molecule has 0 saturated carbocycles. The molecule has 1 atom stereocenters. The predicted molar refractivity (Wildman–Crippen MR) is 120 cm³/mol. The quantitative estimate of drug-likeness (QED) is 0.334. The number of aryl methyl sites for hydroxylation is 2. The van der Waals surface area contributed by atoms with E-state index < -0.39 is 17.7 Å². The van der Waals surface area contributed by atoms with Crippen LogP contribution in [0.15, 0.2) is 72.3 Å². The first-order valence-electron chi connectivity index (χ1n) is 9.70. The minimum Gasteiger partial charge on any atom is -0.508 e. The molecule has 0 aromatic heterocycles. The number of aromatic hydroxyl groups is 1. The first-order chi connectivity index (χ1) is 14.8. The van der Waals surface area contributed by atoms with E-state index in [0.717, 1.165) is 11.1 Å². The molecule has 0 aliphatic carbocycles. The average Bonchev–Trinajstić information content (AvgIpc) is 2.99. The average molecular weight is 434 g/mol. The van der Waals surface area contributed by atoms with Crippen molar-refractivity contribution < 1.29 is 19.8 Å². The van der Waals surface area contributed by atoms with Gasteiger partial charge in [-0.05, 0) is 79.1 Å². The molecular weight excluding hydrogens is 414 g/mol. The van der Waals surface area contributed by atoms with Crippen molar-refractivity contribution >= 4 is 34.7 Å². The Hall–Kier alpha value is -3.57. The largest absolute Gasteiger partial charge is 0.508 e. The normalized spacial score (nSPS) is 17.9. The van der Waals surface area contributed by atoms with Gasteiger partial charge in [0, 0.05) is 16.3 Å². The van der Waals surface area contributed by atoms with Crippen molar-refractivity contribution in [1.29, 1.82) is 0 Å². The lowest BCUT2D eigenvalue weighted by atomic mass is 9.95. The second-order valence-corrected chi connectivity index (χ2v) is 8.05. The molecule has 0 bridgehead atoms. The van der Waals surface area contributed by atoms with E-state index in [0.29, 0.717) is 21.8 Å². The molecule has 5 nitrogen and oxygen atoms in total. The van der Waals surface area contributed by atoms with Crippen molar-refractivity contribution in [3.63, 3.8) is 0 Å². The van der Waals surface area contributed by atoms with Gasteiger partial charge in [-0.1, -0.05) is 29.8 Å². The number of rotatable bonds is 3. The Kier molecular flexibility index (Phi) is 5.29. The molecule has 4 rings (SSSR count). The summed E-state index contributed by atoms with van der Waals surface area (Å²) in [6.45, 7) is 3.83. The fraction of sp³-hybridized carbons (Fsp3) is 0.120. The number of carbonyl (C=O) groups is 2. The van der Waals surface area contributed by atoms with Gasteiger partial charge in [-0.2, -0.15) is 0 Å². The van der Waals surface area contributed by atoms with E-state index in [4.69, 9.17) is 11.6 Å². The van der Waals surface area contributed by atoms with Crippen LogP contribution in [0.4, 0.5) is 5.69 Å². The second kappa shape index (κ2) is 7.93. The number of aliphatic hydroxyl groups excluding tert-OH is 1. The maximum atomic E-state index is 13.1. The first kappa shape index (κ1) is 20.7. The fourth-order valence-corrected chi connectivity index (χ4v) is 4.05. The van der Waals surface area contributed by atoms with Crippen LogP contribution in [0.25, 0.3) is 5.76 Å². The number of amides is 1. The van der Waals surface area contributed by atoms with Crippen LogP contribution in [0.5, 0.6) is 5.75 Å². The molecule has 0 spiro atoms. The molecule has 1 aliphatic heterocycles. The van der Waals surface area contributed by atoms with Gasteiger partial charge in [-0.25, -0.2) is 0 Å².